The van der Waals surface area contributed by atoms with Crippen LogP contribution in [0.5, 0.6) is 23.0 Å². The van der Waals surface area contributed by atoms with Gasteiger partial charge < -0.3 is 29.6 Å². The number of ether oxygens (including phenoxy) is 4. The molecule has 8 nitrogen and oxygen atoms in total. The van der Waals surface area contributed by atoms with Gasteiger partial charge >= 0.3 is 0 Å². The molecule has 3 aliphatic rings. The van der Waals surface area contributed by atoms with Crippen LogP contribution in [0.3, 0.4) is 0 Å². The molecule has 2 N–H and O–H groups in total. The van der Waals surface area contributed by atoms with Gasteiger partial charge in [-0.25, -0.2) is 0 Å². The summed E-state index contributed by atoms with van der Waals surface area (Å²) in [4.78, 5) is 25.8. The molecule has 2 heterocycles. The van der Waals surface area contributed by atoms with Crippen LogP contribution in [0.15, 0.2) is 36.4 Å². The highest BCUT2D eigenvalue weighted by Crippen LogP contribution is 2.33. The maximum absolute atomic E-state index is 12.9. The van der Waals surface area contributed by atoms with E-state index < -0.39 is 11.8 Å². The lowest BCUT2D eigenvalue weighted by molar-refractivity contribution is 0.0862. The Labute approximate surface area is 176 Å². The Bertz CT molecular complexity index is 1010. The van der Waals surface area contributed by atoms with E-state index in [1.54, 1.807) is 24.3 Å². The van der Waals surface area contributed by atoms with Crippen LogP contribution in [0.25, 0.3) is 0 Å². The molecular formula is C22H22N2O6. The summed E-state index contributed by atoms with van der Waals surface area (Å²) in [5.41, 5.74) is 0.378. The minimum Gasteiger partial charge on any atom is -0.454 e. The van der Waals surface area contributed by atoms with Gasteiger partial charge in [0.25, 0.3) is 11.8 Å². The molecule has 1 saturated carbocycles. The van der Waals surface area contributed by atoms with Gasteiger partial charge in [0, 0.05) is 23.2 Å². The molecule has 8 heteroatoms. The normalized spacial score (nSPS) is 22.1. The van der Waals surface area contributed by atoms with Crippen LogP contribution in [-0.4, -0.2) is 37.5 Å². The summed E-state index contributed by atoms with van der Waals surface area (Å²) in [7, 11) is 0. The summed E-state index contributed by atoms with van der Waals surface area (Å²) in [6.45, 7) is 0.0573. The molecule has 30 heavy (non-hydrogen) atoms. The molecule has 2 aromatic carbocycles. The highest BCUT2D eigenvalue weighted by Gasteiger charge is 2.29. The van der Waals surface area contributed by atoms with Crippen LogP contribution < -0.4 is 29.6 Å². The fourth-order valence-electron chi connectivity index (χ4n) is 3.90. The summed E-state index contributed by atoms with van der Waals surface area (Å²) >= 11 is 0. The van der Waals surface area contributed by atoms with E-state index in [0.717, 1.165) is 12.8 Å². The molecular weight excluding hydrogens is 388 g/mol. The largest absolute Gasteiger partial charge is 0.454 e. The van der Waals surface area contributed by atoms with E-state index in [9.17, 15) is 9.59 Å². The van der Waals surface area contributed by atoms with Crippen molar-refractivity contribution >= 4 is 11.8 Å². The van der Waals surface area contributed by atoms with E-state index in [0.29, 0.717) is 24.3 Å². The van der Waals surface area contributed by atoms with Gasteiger partial charge in [-0.2, -0.15) is 0 Å². The second kappa shape index (κ2) is 7.78. The Hall–Kier alpha value is -3.42. The first-order chi connectivity index (χ1) is 15.5. The van der Waals surface area contributed by atoms with Crippen LogP contribution in [0.2, 0.25) is 0 Å². The van der Waals surface area contributed by atoms with Crippen molar-refractivity contribution in [2.75, 3.05) is 13.6 Å². The average molecular weight is 414 g/mol. The number of carbonyl (C=O) groups excluding carboxylic acids is 2. The second-order valence-corrected chi connectivity index (χ2v) is 7.39. The van der Waals surface area contributed by atoms with Crippen molar-refractivity contribution in [2.24, 2.45) is 0 Å². The Kier molecular flexibility index (Phi) is 4.25. The molecule has 1 aliphatic carbocycles. The van der Waals surface area contributed by atoms with Crippen LogP contribution in [-0.2, 0) is 0 Å². The van der Waals surface area contributed by atoms with E-state index >= 15 is 0 Å². The van der Waals surface area contributed by atoms with Gasteiger partial charge in [-0.3, -0.25) is 9.59 Å². The number of rotatable bonds is 4. The van der Waals surface area contributed by atoms with Crippen LogP contribution in [0, 0.1) is 0 Å². The molecule has 1 fully saturated rings. The molecule has 2 aromatic rings. The van der Waals surface area contributed by atoms with Crippen LogP contribution in [0.1, 0.15) is 49.1 Å². The lowest BCUT2D eigenvalue weighted by Gasteiger charge is -2.33. The molecule has 156 valence electrons. The van der Waals surface area contributed by atoms with Crippen molar-refractivity contribution in [3.8, 4) is 23.0 Å². The molecule has 2 amide bonds. The van der Waals surface area contributed by atoms with Crippen molar-refractivity contribution < 1.29 is 31.3 Å². The monoisotopic (exact) mass is 414 g/mol. The smallest absolute Gasteiger partial charge is 0.251 e. The summed E-state index contributed by atoms with van der Waals surface area (Å²) in [6.07, 6.45) is 3.23. The minimum atomic E-state index is -0.399. The molecule has 0 spiro atoms. The highest BCUT2D eigenvalue weighted by molar-refractivity contribution is 5.96. The second-order valence-electron chi connectivity index (χ2n) is 7.39. The zero-order chi connectivity index (χ0) is 22.2. The number of hydrogen-bond acceptors (Lipinski definition) is 6. The third kappa shape index (κ3) is 3.60. The fourth-order valence-corrected chi connectivity index (χ4v) is 3.90. The van der Waals surface area contributed by atoms with Gasteiger partial charge in [0.1, 0.15) is 0 Å². The van der Waals surface area contributed by atoms with Crippen molar-refractivity contribution in [1.82, 2.24) is 10.6 Å². The molecule has 0 radical (unpaired) electrons. The molecule has 0 aromatic heterocycles. The van der Waals surface area contributed by atoms with Crippen LogP contribution >= 0.6 is 0 Å². The number of nitrogens with one attached hydrogen (secondary N) is 2. The van der Waals surface area contributed by atoms with Crippen LogP contribution in [0.4, 0.5) is 0 Å². The van der Waals surface area contributed by atoms with Crippen molar-refractivity contribution in [1.29, 1.82) is 0 Å². The number of hydrogen-bond donors (Lipinski definition) is 2. The van der Waals surface area contributed by atoms with Crippen molar-refractivity contribution in [2.45, 2.75) is 37.8 Å². The Morgan fingerprint density at radius 3 is 1.63 bits per heavy atom. The standard InChI is InChI=1S/C22H22N2O6/c25-21(13-5-7-17-19(9-13)29-11-27-17)23-15-3-1-2-4-16(15)24-22(26)14-6-8-18-20(10-14)30-12-28-18/h5-10,15-16H,1-4,11-12H2,(H,23,25)(H,24,26)/t15-,16?/m0/s1/i9T,10T. The first-order valence-corrected chi connectivity index (χ1v) is 9.93. The summed E-state index contributed by atoms with van der Waals surface area (Å²) in [5, 5.41) is 5.94. The number of amides is 2. The maximum atomic E-state index is 12.9. The molecule has 2 aliphatic heterocycles. The van der Waals surface area contributed by atoms with Gasteiger partial charge in [0.15, 0.2) is 23.0 Å². The number of benzene rings is 2. The lowest BCUT2D eigenvalue weighted by atomic mass is 9.89. The average Bonchev–Trinajstić information content (AvgIpc) is 3.45. The Balaban J connectivity index is 1.31. The third-order valence-corrected chi connectivity index (χ3v) is 5.47. The predicted octanol–water partition coefficient (Wildman–Crippen LogP) is 2.62. The third-order valence-electron chi connectivity index (χ3n) is 5.47. The van der Waals surface area contributed by atoms with Gasteiger partial charge in [0.2, 0.25) is 13.6 Å². The van der Waals surface area contributed by atoms with Gasteiger partial charge in [-0.15, -0.1) is 0 Å². The maximum Gasteiger partial charge on any atom is 0.251 e. The minimum absolute atomic E-state index is 0.0203. The first-order valence-electron chi connectivity index (χ1n) is 10.9. The van der Waals surface area contributed by atoms with Crippen molar-refractivity contribution in [3.05, 3.63) is 47.5 Å². The fraction of sp³-hybridized carbons (Fsp3) is 0.364. The quantitative estimate of drug-likeness (QED) is 0.799. The SMILES string of the molecule is [3H]c1c(C(=O)NC2CCCC[C@@H]2NC(=O)c2ccc3c(c2[3H])OCO3)ccc2c1OCO2. The Morgan fingerprint density at radius 2 is 1.17 bits per heavy atom. The molecule has 0 saturated heterocycles. The summed E-state index contributed by atoms with van der Waals surface area (Å²) in [6, 6.07) is 5.68. The van der Waals surface area contributed by atoms with E-state index in [-0.39, 0.29) is 60.4 Å². The van der Waals surface area contributed by atoms with Crippen molar-refractivity contribution in [3.63, 3.8) is 0 Å². The molecule has 1 unspecified atom stereocenters. The van der Waals surface area contributed by atoms with Gasteiger partial charge in [-0.05, 0) is 49.2 Å². The van der Waals surface area contributed by atoms with Gasteiger partial charge in [0.05, 0.1) is 2.74 Å². The van der Waals surface area contributed by atoms with E-state index in [4.69, 9.17) is 21.7 Å². The number of fused-ring (bicyclic) bond motifs is 2. The topological polar surface area (TPSA) is 95.1 Å². The molecule has 0 bridgehead atoms. The summed E-state index contributed by atoms with van der Waals surface area (Å²) in [5.74, 6) is 0.620. The predicted molar refractivity (Wildman–Crippen MR) is 106 cm³/mol. The molecule has 5 rings (SSSR count). The lowest BCUT2D eigenvalue weighted by Crippen LogP contribution is -2.53. The summed E-state index contributed by atoms with van der Waals surface area (Å²) < 4.78 is 37.6. The number of carbonyl (C=O) groups is 2. The zero-order valence-corrected chi connectivity index (χ0v) is 16.2. The Morgan fingerprint density at radius 1 is 0.733 bits per heavy atom. The first kappa shape index (κ1) is 16.4. The molecule has 2 atom stereocenters. The van der Waals surface area contributed by atoms with E-state index in [2.05, 4.69) is 10.6 Å². The zero-order valence-electron chi connectivity index (χ0n) is 18.2. The highest BCUT2D eigenvalue weighted by atomic mass is 16.7. The van der Waals surface area contributed by atoms with E-state index in [1.165, 1.54) is 0 Å². The van der Waals surface area contributed by atoms with Gasteiger partial charge in [-0.1, -0.05) is 12.8 Å². The van der Waals surface area contributed by atoms with E-state index in [1.807, 2.05) is 0 Å².